The second-order valence-corrected chi connectivity index (χ2v) is 5.10. The number of aromatic nitrogens is 4. The second-order valence-electron chi connectivity index (χ2n) is 5.10. The molecule has 0 aliphatic heterocycles. The van der Waals surface area contributed by atoms with Crippen molar-refractivity contribution >= 4 is 17.8 Å². The van der Waals surface area contributed by atoms with Gasteiger partial charge < -0.3 is 20.3 Å². The zero-order chi connectivity index (χ0) is 21.3. The van der Waals surface area contributed by atoms with Crippen molar-refractivity contribution in [3.8, 4) is 11.4 Å². The second kappa shape index (κ2) is 9.89. The van der Waals surface area contributed by atoms with Crippen molar-refractivity contribution in [2.45, 2.75) is 25.7 Å². The van der Waals surface area contributed by atoms with Crippen LogP contribution in [0.2, 0.25) is 0 Å². The van der Waals surface area contributed by atoms with Crippen LogP contribution in [0, 0.1) is 0 Å². The van der Waals surface area contributed by atoms with E-state index in [1.165, 1.54) is 11.6 Å². The summed E-state index contributed by atoms with van der Waals surface area (Å²) in [6, 6.07) is 2.51. The van der Waals surface area contributed by atoms with E-state index in [4.69, 9.17) is 15.0 Å². The highest BCUT2D eigenvalue weighted by molar-refractivity contribution is 5.82. The number of carboxylic acid groups (broad SMARTS) is 2. The molecule has 0 bridgehead atoms. The molecule has 1 unspecified atom stereocenters. The number of nitrogens with one attached hydrogen (secondary N) is 1. The molecular formula is C15H14F3N5O5. The molecule has 10 nitrogen and oxygen atoms in total. The monoisotopic (exact) mass is 401 g/mol. The predicted octanol–water partition coefficient (Wildman–Crippen LogP) is -1.29. The molecule has 0 spiro atoms. The molecule has 2 aromatic rings. The van der Waals surface area contributed by atoms with Gasteiger partial charge in [0.2, 0.25) is 0 Å². The molecule has 150 valence electrons. The molecule has 2 N–H and O–H groups in total. The molecule has 0 saturated carbocycles. The van der Waals surface area contributed by atoms with Crippen molar-refractivity contribution in [1.82, 2.24) is 20.4 Å². The molecule has 1 atom stereocenters. The molecule has 0 fully saturated rings. The average molecular weight is 401 g/mol. The van der Waals surface area contributed by atoms with Crippen LogP contribution in [0.25, 0.3) is 11.4 Å². The molecule has 2 rings (SSSR count). The lowest BCUT2D eigenvalue weighted by atomic mass is 10.3. The van der Waals surface area contributed by atoms with Crippen molar-refractivity contribution in [2.24, 2.45) is 0 Å². The number of carbonyl (C=O) groups excluding carboxylic acids is 2. The van der Waals surface area contributed by atoms with Gasteiger partial charge >= 0.3 is 12.1 Å². The van der Waals surface area contributed by atoms with E-state index >= 15 is 0 Å². The van der Waals surface area contributed by atoms with Crippen molar-refractivity contribution in [2.75, 3.05) is 0 Å². The number of carboxylic acids is 2. The Kier molecular flexibility index (Phi) is 7.91. The molecule has 0 aliphatic carbocycles. The van der Waals surface area contributed by atoms with Gasteiger partial charge in [0.05, 0.1) is 0 Å². The van der Waals surface area contributed by atoms with Crippen molar-refractivity contribution < 1.29 is 42.4 Å². The fourth-order valence-electron chi connectivity index (χ4n) is 1.55. The number of hydrogen-bond acceptors (Lipinski definition) is 7. The number of hydrogen-bond donors (Lipinski definition) is 2. The lowest BCUT2D eigenvalue weighted by Gasteiger charge is -2.06. The third kappa shape index (κ3) is 7.72. The lowest BCUT2D eigenvalue weighted by molar-refractivity contribution is -0.742. The Labute approximate surface area is 155 Å². The summed E-state index contributed by atoms with van der Waals surface area (Å²) < 4.78 is 32.9. The Hall–Kier alpha value is -3.64. The molecule has 0 radical (unpaired) electrons. The summed E-state index contributed by atoms with van der Waals surface area (Å²) in [7, 11) is 0. The first-order valence-corrected chi connectivity index (χ1v) is 7.44. The topological polar surface area (TPSA) is 149 Å². The summed E-state index contributed by atoms with van der Waals surface area (Å²) in [6.07, 6.45) is 1.22. The Morgan fingerprint density at radius 3 is 2.29 bits per heavy atom. The number of rotatable bonds is 5. The van der Waals surface area contributed by atoms with Crippen molar-refractivity contribution in [1.29, 1.82) is 0 Å². The van der Waals surface area contributed by atoms with Gasteiger partial charge in [-0.3, -0.25) is 9.59 Å². The SMILES string of the molecule is CC(NC(=O)C[n+]1ccc(-c2ncccn2)cn1)C(=O)O.O=C([O-])C(F)(F)F. The van der Waals surface area contributed by atoms with Crippen LogP contribution >= 0.6 is 0 Å². The minimum absolute atomic E-state index is 0.0620. The maximum Gasteiger partial charge on any atom is 0.430 e. The number of carbonyl (C=O) groups is 3. The molecule has 1 amide bonds. The molecule has 0 aromatic carbocycles. The zero-order valence-corrected chi connectivity index (χ0v) is 14.3. The van der Waals surface area contributed by atoms with E-state index in [2.05, 4.69) is 20.4 Å². The fraction of sp³-hybridized carbons (Fsp3) is 0.267. The number of halogens is 3. The van der Waals surface area contributed by atoms with E-state index < -0.39 is 30.1 Å². The summed E-state index contributed by atoms with van der Waals surface area (Å²) in [4.78, 5) is 39.2. The fourth-order valence-corrected chi connectivity index (χ4v) is 1.55. The van der Waals surface area contributed by atoms with Crippen LogP contribution < -0.4 is 15.1 Å². The van der Waals surface area contributed by atoms with Gasteiger partial charge in [0.15, 0.2) is 12.0 Å². The van der Waals surface area contributed by atoms with Gasteiger partial charge in [-0.05, 0) is 18.1 Å². The minimum Gasteiger partial charge on any atom is -0.542 e. The van der Waals surface area contributed by atoms with Crippen LogP contribution in [0.5, 0.6) is 0 Å². The average Bonchev–Trinajstić information content (AvgIpc) is 2.62. The normalized spacial score (nSPS) is 11.6. The molecule has 0 saturated heterocycles. The minimum atomic E-state index is -5.19. The zero-order valence-electron chi connectivity index (χ0n) is 14.3. The lowest BCUT2D eigenvalue weighted by Crippen LogP contribution is -2.48. The molecular weight excluding hydrogens is 387 g/mol. The van der Waals surface area contributed by atoms with E-state index in [1.807, 2.05) is 0 Å². The van der Waals surface area contributed by atoms with E-state index in [1.54, 1.807) is 36.9 Å². The summed E-state index contributed by atoms with van der Waals surface area (Å²) in [5.41, 5.74) is 0.728. The molecule has 28 heavy (non-hydrogen) atoms. The highest BCUT2D eigenvalue weighted by Crippen LogP contribution is 2.11. The number of nitrogens with zero attached hydrogens (tertiary/aromatic N) is 4. The van der Waals surface area contributed by atoms with Gasteiger partial charge in [0, 0.05) is 24.0 Å². The summed E-state index contributed by atoms with van der Waals surface area (Å²) >= 11 is 0. The van der Waals surface area contributed by atoms with Gasteiger partial charge in [0.1, 0.15) is 18.2 Å². The van der Waals surface area contributed by atoms with Gasteiger partial charge in [-0.25, -0.2) is 9.97 Å². The van der Waals surface area contributed by atoms with Gasteiger partial charge in [-0.15, -0.1) is 0 Å². The van der Waals surface area contributed by atoms with Crippen LogP contribution in [0.4, 0.5) is 13.2 Å². The standard InChI is InChI=1S/C13H13N5O3.C2HF3O2/c1-9(13(20)21)17-11(19)8-18-6-3-10(7-16-18)12-14-4-2-5-15-12;3-2(4,5)1(6)7/h2-7,9H,8H2,1H3,(H-,17,19,20,21);(H,6,7). The largest absolute Gasteiger partial charge is 0.542 e. The molecule has 0 aliphatic rings. The summed E-state index contributed by atoms with van der Waals surface area (Å²) in [6.45, 7) is 1.34. The van der Waals surface area contributed by atoms with Crippen LogP contribution in [0.15, 0.2) is 36.9 Å². The molecule has 2 heterocycles. The number of amides is 1. The summed E-state index contributed by atoms with van der Waals surface area (Å²) in [5, 5.41) is 23.9. The Balaban J connectivity index is 0.000000480. The van der Waals surface area contributed by atoms with E-state index in [9.17, 15) is 22.8 Å². The quantitative estimate of drug-likeness (QED) is 0.588. The molecule has 13 heteroatoms. The van der Waals surface area contributed by atoms with E-state index in [0.717, 1.165) is 5.56 Å². The Morgan fingerprint density at radius 2 is 1.86 bits per heavy atom. The van der Waals surface area contributed by atoms with E-state index in [0.29, 0.717) is 5.82 Å². The first-order valence-electron chi connectivity index (χ1n) is 7.44. The summed E-state index contributed by atoms with van der Waals surface area (Å²) in [5.74, 6) is -3.97. The molecule has 2 aromatic heterocycles. The highest BCUT2D eigenvalue weighted by atomic mass is 19.4. The Morgan fingerprint density at radius 1 is 1.29 bits per heavy atom. The smallest absolute Gasteiger partial charge is 0.430 e. The van der Waals surface area contributed by atoms with Gasteiger partial charge in [-0.1, -0.05) is 4.68 Å². The van der Waals surface area contributed by atoms with Gasteiger partial charge in [0.25, 0.3) is 12.5 Å². The first kappa shape index (κ1) is 22.4. The van der Waals surface area contributed by atoms with Crippen LogP contribution in [-0.2, 0) is 20.9 Å². The number of alkyl halides is 3. The predicted molar refractivity (Wildman–Crippen MR) is 81.8 cm³/mol. The highest BCUT2D eigenvalue weighted by Gasteiger charge is 2.28. The van der Waals surface area contributed by atoms with Crippen molar-refractivity contribution in [3.63, 3.8) is 0 Å². The first-order chi connectivity index (χ1) is 13.0. The maximum absolute atomic E-state index is 11.6. The third-order valence-corrected chi connectivity index (χ3v) is 2.88. The van der Waals surface area contributed by atoms with Crippen molar-refractivity contribution in [3.05, 3.63) is 36.9 Å². The van der Waals surface area contributed by atoms with Crippen LogP contribution in [0.1, 0.15) is 6.92 Å². The van der Waals surface area contributed by atoms with Crippen LogP contribution in [0.3, 0.4) is 0 Å². The van der Waals surface area contributed by atoms with Crippen LogP contribution in [-0.4, -0.2) is 50.2 Å². The third-order valence-electron chi connectivity index (χ3n) is 2.88. The number of aliphatic carboxylic acids is 2. The maximum atomic E-state index is 11.6. The Bertz CT molecular complexity index is 815. The van der Waals surface area contributed by atoms with Gasteiger partial charge in [-0.2, -0.15) is 13.2 Å². The van der Waals surface area contributed by atoms with E-state index in [-0.39, 0.29) is 6.54 Å².